The van der Waals surface area contributed by atoms with E-state index in [1.165, 1.54) is 0 Å². The summed E-state index contributed by atoms with van der Waals surface area (Å²) in [4.78, 5) is 16.2. The van der Waals surface area contributed by atoms with Crippen LogP contribution < -0.4 is 9.47 Å². The lowest BCUT2D eigenvalue weighted by Crippen LogP contribution is -2.21. The van der Waals surface area contributed by atoms with Gasteiger partial charge in [-0.15, -0.1) is 5.92 Å². The van der Waals surface area contributed by atoms with Crippen LogP contribution >= 0.6 is 0 Å². The summed E-state index contributed by atoms with van der Waals surface area (Å²) in [6.07, 6.45) is 2.43. The van der Waals surface area contributed by atoms with Crippen LogP contribution in [-0.2, 0) is 11.4 Å². The van der Waals surface area contributed by atoms with Gasteiger partial charge in [0.1, 0.15) is 18.1 Å². The van der Waals surface area contributed by atoms with E-state index in [2.05, 4.69) is 45.6 Å². The van der Waals surface area contributed by atoms with Gasteiger partial charge in [-0.3, -0.25) is 4.79 Å². The Balaban J connectivity index is 1.63. The van der Waals surface area contributed by atoms with Gasteiger partial charge in [0.15, 0.2) is 11.5 Å². The molecule has 1 atom stereocenters. The van der Waals surface area contributed by atoms with Crippen LogP contribution in [0, 0.1) is 25.7 Å². The van der Waals surface area contributed by atoms with Crippen molar-refractivity contribution in [3.63, 3.8) is 0 Å². The van der Waals surface area contributed by atoms with Crippen molar-refractivity contribution in [1.82, 2.24) is 14.6 Å². The highest BCUT2D eigenvalue weighted by Crippen LogP contribution is 2.35. The Morgan fingerprint density at radius 2 is 1.72 bits per heavy atom. The molecule has 43 heavy (non-hydrogen) atoms. The van der Waals surface area contributed by atoms with Crippen LogP contribution in [0.2, 0.25) is 0 Å². The number of ether oxygens (including phenoxy) is 2. The Kier molecular flexibility index (Phi) is 9.77. The van der Waals surface area contributed by atoms with Crippen LogP contribution in [0.25, 0.3) is 16.8 Å². The van der Waals surface area contributed by atoms with Crippen LogP contribution in [0.15, 0.2) is 48.7 Å². The van der Waals surface area contributed by atoms with Gasteiger partial charge in [-0.1, -0.05) is 31.9 Å². The molecule has 2 aromatic heterocycles. The van der Waals surface area contributed by atoms with Gasteiger partial charge in [0.05, 0.1) is 24.5 Å². The second-order valence-electron chi connectivity index (χ2n) is 11.9. The Labute approximate surface area is 253 Å². The van der Waals surface area contributed by atoms with Crippen molar-refractivity contribution in [3.8, 4) is 34.5 Å². The van der Waals surface area contributed by atoms with E-state index in [1.807, 2.05) is 47.1 Å². The summed E-state index contributed by atoms with van der Waals surface area (Å²) in [5.74, 6) is 6.93. The number of carboxylic acid groups (broad SMARTS) is 1. The highest BCUT2D eigenvalue weighted by atomic mass is 16.5. The molecule has 226 valence electrons. The number of carbonyl (C=O) groups is 1. The molecule has 2 N–H and O–H groups in total. The summed E-state index contributed by atoms with van der Waals surface area (Å²) in [7, 11) is 0. The number of hydrogen-bond acceptors (Lipinski definition) is 6. The molecule has 0 bridgehead atoms. The first kappa shape index (κ1) is 31.6. The molecule has 2 heterocycles. The number of aromatic nitrogens is 3. The van der Waals surface area contributed by atoms with Gasteiger partial charge in [-0.2, -0.15) is 5.10 Å². The van der Waals surface area contributed by atoms with E-state index in [0.29, 0.717) is 25.4 Å². The Hall–Kier alpha value is -4.35. The molecule has 0 amide bonds. The van der Waals surface area contributed by atoms with Crippen molar-refractivity contribution in [2.75, 3.05) is 6.61 Å². The number of rotatable bonds is 12. The van der Waals surface area contributed by atoms with E-state index in [0.717, 1.165) is 50.6 Å². The molecule has 8 nitrogen and oxygen atoms in total. The zero-order valence-electron chi connectivity index (χ0n) is 26.1. The molecule has 2 aromatic carbocycles. The number of hydrogen-bond donors (Lipinski definition) is 2. The summed E-state index contributed by atoms with van der Waals surface area (Å²) in [6, 6.07) is 13.6. The number of aliphatic carboxylic acids is 1. The summed E-state index contributed by atoms with van der Waals surface area (Å²) >= 11 is 0. The quantitative estimate of drug-likeness (QED) is 0.176. The number of aryl methyl sites for hydroxylation is 2. The monoisotopic (exact) mass is 583 g/mol. The van der Waals surface area contributed by atoms with Crippen LogP contribution in [0.5, 0.6) is 11.5 Å². The second-order valence-corrected chi connectivity index (χ2v) is 11.9. The van der Waals surface area contributed by atoms with Crippen molar-refractivity contribution in [1.29, 1.82) is 0 Å². The Morgan fingerprint density at radius 1 is 1.05 bits per heavy atom. The summed E-state index contributed by atoms with van der Waals surface area (Å²) in [5, 5.41) is 24.0. The summed E-state index contributed by atoms with van der Waals surface area (Å²) in [5.41, 5.74) is 5.89. The minimum atomic E-state index is -0.883. The Bertz CT molecular complexity index is 1630. The first-order valence-electron chi connectivity index (χ1n) is 14.6. The van der Waals surface area contributed by atoms with Gasteiger partial charge < -0.3 is 19.7 Å². The lowest BCUT2D eigenvalue weighted by Gasteiger charge is -2.19. The molecular weight excluding hydrogens is 542 g/mol. The van der Waals surface area contributed by atoms with E-state index in [-0.39, 0.29) is 18.3 Å². The van der Waals surface area contributed by atoms with Crippen molar-refractivity contribution in [2.24, 2.45) is 0 Å². The number of pyridine rings is 1. The largest absolute Gasteiger partial charge is 0.493 e. The Morgan fingerprint density at radius 3 is 2.30 bits per heavy atom. The third-order valence-corrected chi connectivity index (χ3v) is 7.17. The fraction of sp³-hybridized carbons (Fsp3) is 0.400. The first-order chi connectivity index (χ1) is 20.3. The van der Waals surface area contributed by atoms with E-state index in [4.69, 9.17) is 19.6 Å². The maximum Gasteiger partial charge on any atom is 0.304 e. The number of nitrogens with zero attached hydrogens (tertiary/aromatic N) is 3. The topological polar surface area (TPSA) is 106 Å². The zero-order chi connectivity index (χ0) is 31.3. The minimum Gasteiger partial charge on any atom is -0.493 e. The van der Waals surface area contributed by atoms with Crippen molar-refractivity contribution in [3.05, 3.63) is 76.7 Å². The molecular formula is C35H41N3O5. The maximum atomic E-state index is 11.3. The third-order valence-electron chi connectivity index (χ3n) is 7.17. The van der Waals surface area contributed by atoms with Gasteiger partial charge >= 0.3 is 5.97 Å². The van der Waals surface area contributed by atoms with Crippen LogP contribution in [0.4, 0.5) is 0 Å². The highest BCUT2D eigenvalue weighted by molar-refractivity contribution is 5.82. The number of carboxylic acids is 1. The van der Waals surface area contributed by atoms with Crippen LogP contribution in [0.1, 0.15) is 87.4 Å². The van der Waals surface area contributed by atoms with Crippen molar-refractivity contribution in [2.45, 2.75) is 85.4 Å². The fourth-order valence-electron chi connectivity index (χ4n) is 4.98. The molecule has 0 aliphatic heterocycles. The SMILES string of the molecule is CC#CC(CC(=O)O)c1ccc(OCc2cc(-c3c(C)cc(OCCC(C)(C)O)cc3C)c3nc(C(C)C)nn3c2)cc1. The summed E-state index contributed by atoms with van der Waals surface area (Å²) < 4.78 is 14.0. The molecule has 0 radical (unpaired) electrons. The molecule has 0 spiro atoms. The van der Waals surface area contributed by atoms with Crippen LogP contribution in [-0.4, -0.2) is 43.0 Å². The number of fused-ring (bicyclic) bond motifs is 1. The fourth-order valence-corrected chi connectivity index (χ4v) is 4.98. The lowest BCUT2D eigenvalue weighted by atomic mass is 9.95. The van der Waals surface area contributed by atoms with Gasteiger partial charge in [-0.25, -0.2) is 9.50 Å². The van der Waals surface area contributed by atoms with E-state index in [9.17, 15) is 15.0 Å². The predicted molar refractivity (Wildman–Crippen MR) is 168 cm³/mol. The molecule has 4 aromatic rings. The third kappa shape index (κ3) is 8.14. The second kappa shape index (κ2) is 13.3. The maximum absolute atomic E-state index is 11.3. The molecule has 1 unspecified atom stereocenters. The molecule has 0 aliphatic rings. The smallest absolute Gasteiger partial charge is 0.304 e. The molecule has 0 fully saturated rings. The van der Waals surface area contributed by atoms with Crippen molar-refractivity contribution < 1.29 is 24.5 Å². The molecule has 0 saturated heterocycles. The van der Waals surface area contributed by atoms with Gasteiger partial charge in [0, 0.05) is 29.7 Å². The minimum absolute atomic E-state index is 0.0487. The molecule has 4 rings (SSSR count). The lowest BCUT2D eigenvalue weighted by molar-refractivity contribution is -0.137. The zero-order valence-corrected chi connectivity index (χ0v) is 26.1. The van der Waals surface area contributed by atoms with Crippen LogP contribution in [0.3, 0.4) is 0 Å². The average Bonchev–Trinajstić information content (AvgIpc) is 3.36. The number of aliphatic hydroxyl groups is 1. The molecule has 0 aliphatic carbocycles. The standard InChI is InChI=1S/C35H41N3O5/c1-8-9-27(19-31(39)40)26-10-12-28(13-11-26)43-21-25-18-30(34-36-33(22(2)3)37-38(34)20-25)32-23(4)16-29(17-24(32)5)42-15-14-35(6,7)41/h10-13,16-18,20,22,27,41H,14-15,19,21H2,1-7H3,(H,39,40). The normalized spacial score (nSPS) is 12.2. The summed E-state index contributed by atoms with van der Waals surface area (Å²) in [6.45, 7) is 14.3. The molecule has 0 saturated carbocycles. The molecule has 8 heteroatoms. The highest BCUT2D eigenvalue weighted by Gasteiger charge is 2.19. The van der Waals surface area contributed by atoms with E-state index < -0.39 is 11.6 Å². The van der Waals surface area contributed by atoms with Gasteiger partial charge in [0.2, 0.25) is 0 Å². The predicted octanol–water partition coefficient (Wildman–Crippen LogP) is 6.84. The van der Waals surface area contributed by atoms with Gasteiger partial charge in [-0.05, 0) is 87.2 Å². The van der Waals surface area contributed by atoms with E-state index >= 15 is 0 Å². The van der Waals surface area contributed by atoms with E-state index in [1.54, 1.807) is 20.8 Å². The first-order valence-corrected chi connectivity index (χ1v) is 14.6. The van der Waals surface area contributed by atoms with Gasteiger partial charge in [0.25, 0.3) is 0 Å². The number of benzene rings is 2. The average molecular weight is 584 g/mol. The van der Waals surface area contributed by atoms with Crippen molar-refractivity contribution >= 4 is 11.6 Å².